The number of amides is 1. The Morgan fingerprint density at radius 2 is 2.39 bits per heavy atom. The van der Waals surface area contributed by atoms with Gasteiger partial charge in [0.15, 0.2) is 0 Å². The second-order valence-corrected chi connectivity index (χ2v) is 4.88. The fourth-order valence-corrected chi connectivity index (χ4v) is 2.51. The van der Waals surface area contributed by atoms with Crippen LogP contribution in [-0.2, 0) is 14.3 Å². The van der Waals surface area contributed by atoms with Gasteiger partial charge in [-0.05, 0) is 37.6 Å². The SMILES string of the molecule is O=C1COC2C=CC(O[C@@H]3CCCNC3)=CC2N1. The maximum Gasteiger partial charge on any atom is 0.246 e. The van der Waals surface area contributed by atoms with E-state index in [2.05, 4.69) is 10.6 Å². The van der Waals surface area contributed by atoms with Crippen molar-refractivity contribution in [3.63, 3.8) is 0 Å². The number of hydrogen-bond acceptors (Lipinski definition) is 4. The van der Waals surface area contributed by atoms with Crippen LogP contribution in [-0.4, -0.2) is 43.9 Å². The molecule has 3 atom stereocenters. The molecule has 2 saturated heterocycles. The lowest BCUT2D eigenvalue weighted by molar-refractivity contribution is -0.133. The van der Waals surface area contributed by atoms with Crippen LogP contribution in [0.5, 0.6) is 0 Å². The van der Waals surface area contributed by atoms with Crippen molar-refractivity contribution in [3.8, 4) is 0 Å². The summed E-state index contributed by atoms with van der Waals surface area (Å²) < 4.78 is 11.3. The van der Waals surface area contributed by atoms with Gasteiger partial charge in [-0.25, -0.2) is 0 Å². The standard InChI is InChI=1S/C13H18N2O3/c16-13-8-17-12-4-3-9(6-11(12)15-13)18-10-2-1-5-14-7-10/h3-4,6,10-12,14H,1-2,5,7-8H2,(H,15,16)/t10-,11?,12?/m1/s1. The van der Waals surface area contributed by atoms with E-state index in [0.717, 1.165) is 31.7 Å². The molecule has 0 spiro atoms. The molecule has 2 heterocycles. The van der Waals surface area contributed by atoms with Crippen LogP contribution in [0.3, 0.4) is 0 Å². The maximum absolute atomic E-state index is 11.3. The molecular weight excluding hydrogens is 232 g/mol. The summed E-state index contributed by atoms with van der Waals surface area (Å²) in [5.74, 6) is 0.761. The van der Waals surface area contributed by atoms with Crippen LogP contribution < -0.4 is 10.6 Å². The predicted octanol–water partition coefficient (Wildman–Crippen LogP) is 0.0923. The van der Waals surface area contributed by atoms with Crippen molar-refractivity contribution in [2.24, 2.45) is 0 Å². The van der Waals surface area contributed by atoms with E-state index in [1.807, 2.05) is 18.2 Å². The van der Waals surface area contributed by atoms with Crippen molar-refractivity contribution in [3.05, 3.63) is 24.0 Å². The first kappa shape index (κ1) is 11.7. The lowest BCUT2D eigenvalue weighted by atomic mass is 10.0. The molecule has 3 aliphatic rings. The normalized spacial score (nSPS) is 35.4. The van der Waals surface area contributed by atoms with E-state index < -0.39 is 0 Å². The van der Waals surface area contributed by atoms with Crippen LogP contribution in [0.1, 0.15) is 12.8 Å². The molecule has 18 heavy (non-hydrogen) atoms. The van der Waals surface area contributed by atoms with Gasteiger partial charge >= 0.3 is 0 Å². The predicted molar refractivity (Wildman–Crippen MR) is 65.9 cm³/mol. The summed E-state index contributed by atoms with van der Waals surface area (Å²) in [6.07, 6.45) is 8.23. The molecule has 98 valence electrons. The Labute approximate surface area is 106 Å². The van der Waals surface area contributed by atoms with E-state index in [4.69, 9.17) is 9.47 Å². The highest BCUT2D eigenvalue weighted by atomic mass is 16.5. The zero-order valence-corrected chi connectivity index (χ0v) is 10.2. The van der Waals surface area contributed by atoms with Crippen LogP contribution in [0.15, 0.2) is 24.0 Å². The number of morpholine rings is 1. The van der Waals surface area contributed by atoms with Gasteiger partial charge in [-0.1, -0.05) is 0 Å². The number of nitrogens with one attached hydrogen (secondary N) is 2. The van der Waals surface area contributed by atoms with Crippen molar-refractivity contribution >= 4 is 5.91 Å². The summed E-state index contributed by atoms with van der Waals surface area (Å²) >= 11 is 0. The molecule has 5 nitrogen and oxygen atoms in total. The number of allylic oxidation sites excluding steroid dienone is 1. The van der Waals surface area contributed by atoms with Crippen molar-refractivity contribution in [2.75, 3.05) is 19.7 Å². The van der Waals surface area contributed by atoms with Gasteiger partial charge in [-0.3, -0.25) is 4.79 Å². The van der Waals surface area contributed by atoms with Gasteiger partial charge in [0.25, 0.3) is 0 Å². The molecule has 0 aromatic rings. The van der Waals surface area contributed by atoms with Gasteiger partial charge in [0, 0.05) is 6.54 Å². The second-order valence-electron chi connectivity index (χ2n) is 4.88. The number of carbonyl (C=O) groups excluding carboxylic acids is 1. The summed E-state index contributed by atoms with van der Waals surface area (Å²) in [5, 5.41) is 6.22. The van der Waals surface area contributed by atoms with Crippen molar-refractivity contribution in [2.45, 2.75) is 31.1 Å². The number of rotatable bonds is 2. The fourth-order valence-electron chi connectivity index (χ4n) is 2.51. The molecule has 3 rings (SSSR count). The minimum atomic E-state index is -0.0946. The van der Waals surface area contributed by atoms with Gasteiger partial charge < -0.3 is 20.1 Å². The molecule has 0 bridgehead atoms. The highest BCUT2D eigenvalue weighted by Gasteiger charge is 2.29. The van der Waals surface area contributed by atoms with Crippen LogP contribution in [0, 0.1) is 0 Å². The third-order valence-corrected chi connectivity index (χ3v) is 3.44. The largest absolute Gasteiger partial charge is 0.489 e. The first-order valence-electron chi connectivity index (χ1n) is 6.49. The molecule has 0 aromatic heterocycles. The summed E-state index contributed by atoms with van der Waals surface area (Å²) in [6.45, 7) is 2.10. The lowest BCUT2D eigenvalue weighted by Crippen LogP contribution is -2.51. The van der Waals surface area contributed by atoms with E-state index in [0.29, 0.717) is 0 Å². The van der Waals surface area contributed by atoms with E-state index in [-0.39, 0.29) is 30.8 Å². The van der Waals surface area contributed by atoms with Crippen LogP contribution in [0.2, 0.25) is 0 Å². The van der Waals surface area contributed by atoms with Gasteiger partial charge in [0.05, 0.1) is 6.04 Å². The molecule has 0 saturated carbocycles. The minimum Gasteiger partial charge on any atom is -0.489 e. The summed E-state index contributed by atoms with van der Waals surface area (Å²) in [7, 11) is 0. The zero-order valence-electron chi connectivity index (χ0n) is 10.2. The van der Waals surface area contributed by atoms with Crippen molar-refractivity contribution in [1.29, 1.82) is 0 Å². The Morgan fingerprint density at radius 3 is 3.22 bits per heavy atom. The van der Waals surface area contributed by atoms with E-state index in [1.165, 1.54) is 0 Å². The molecular formula is C13H18N2O3. The van der Waals surface area contributed by atoms with Gasteiger partial charge in [-0.15, -0.1) is 0 Å². The Morgan fingerprint density at radius 1 is 1.44 bits per heavy atom. The minimum absolute atomic E-state index is 0.0560. The summed E-state index contributed by atoms with van der Waals surface area (Å²) in [5.41, 5.74) is 0. The Balaban J connectivity index is 1.62. The molecule has 5 heteroatoms. The first-order valence-corrected chi connectivity index (χ1v) is 6.49. The van der Waals surface area contributed by atoms with E-state index >= 15 is 0 Å². The fraction of sp³-hybridized carbons (Fsp3) is 0.615. The number of hydrogen-bond donors (Lipinski definition) is 2. The molecule has 2 N–H and O–H groups in total. The Hall–Kier alpha value is -1.33. The zero-order chi connectivity index (χ0) is 12.4. The summed E-state index contributed by atoms with van der Waals surface area (Å²) in [6, 6.07) is -0.0946. The maximum atomic E-state index is 11.3. The molecule has 1 aliphatic carbocycles. The Bertz CT molecular complexity index is 386. The lowest BCUT2D eigenvalue weighted by Gasteiger charge is -2.32. The number of carbonyl (C=O) groups is 1. The smallest absolute Gasteiger partial charge is 0.246 e. The van der Waals surface area contributed by atoms with E-state index in [9.17, 15) is 4.79 Å². The van der Waals surface area contributed by atoms with Crippen molar-refractivity contribution < 1.29 is 14.3 Å². The molecule has 0 radical (unpaired) electrons. The molecule has 0 aromatic carbocycles. The second kappa shape index (κ2) is 5.12. The van der Waals surface area contributed by atoms with Gasteiger partial charge in [-0.2, -0.15) is 0 Å². The topological polar surface area (TPSA) is 59.6 Å². The van der Waals surface area contributed by atoms with Gasteiger partial charge in [0.1, 0.15) is 24.6 Å². The highest BCUT2D eigenvalue weighted by molar-refractivity contribution is 5.78. The average Bonchev–Trinajstić information content (AvgIpc) is 2.39. The summed E-state index contributed by atoms with van der Waals surface area (Å²) in [4.78, 5) is 11.3. The molecule has 2 fully saturated rings. The molecule has 1 amide bonds. The van der Waals surface area contributed by atoms with Crippen LogP contribution >= 0.6 is 0 Å². The number of piperidine rings is 1. The van der Waals surface area contributed by atoms with Crippen molar-refractivity contribution in [1.82, 2.24) is 10.6 Å². The third kappa shape index (κ3) is 2.57. The average molecular weight is 250 g/mol. The van der Waals surface area contributed by atoms with E-state index in [1.54, 1.807) is 0 Å². The monoisotopic (exact) mass is 250 g/mol. The number of fused-ring (bicyclic) bond motifs is 1. The Kier molecular flexibility index (Phi) is 3.34. The first-order chi connectivity index (χ1) is 8.81. The number of ether oxygens (including phenoxy) is 2. The molecule has 2 unspecified atom stereocenters. The highest BCUT2D eigenvalue weighted by Crippen LogP contribution is 2.20. The van der Waals surface area contributed by atoms with Gasteiger partial charge in [0.2, 0.25) is 5.91 Å². The van der Waals surface area contributed by atoms with Crippen LogP contribution in [0.25, 0.3) is 0 Å². The van der Waals surface area contributed by atoms with Crippen LogP contribution in [0.4, 0.5) is 0 Å². The third-order valence-electron chi connectivity index (χ3n) is 3.44. The molecule has 2 aliphatic heterocycles. The quantitative estimate of drug-likeness (QED) is 0.729.